The summed E-state index contributed by atoms with van der Waals surface area (Å²) < 4.78 is 21.3. The van der Waals surface area contributed by atoms with Crippen molar-refractivity contribution in [3.05, 3.63) is 95.1 Å². The van der Waals surface area contributed by atoms with Crippen molar-refractivity contribution in [3.63, 3.8) is 0 Å². The van der Waals surface area contributed by atoms with Crippen molar-refractivity contribution < 1.29 is 23.7 Å². The van der Waals surface area contributed by atoms with E-state index in [1.54, 1.807) is 26.4 Å². The molecule has 13 heteroatoms. The van der Waals surface area contributed by atoms with Gasteiger partial charge >= 0.3 is 0 Å². The lowest BCUT2D eigenvalue weighted by atomic mass is 10.1. The Morgan fingerprint density at radius 3 is 1.76 bits per heavy atom. The van der Waals surface area contributed by atoms with Crippen molar-refractivity contribution in [3.8, 4) is 11.5 Å². The Kier molecular flexibility index (Phi) is 13.8. The Bertz CT molecular complexity index is 1490. The average Bonchev–Trinajstić information content (AvgIpc) is 3.10. The predicted octanol–water partition coefficient (Wildman–Crippen LogP) is 3.45. The van der Waals surface area contributed by atoms with Gasteiger partial charge in [0.25, 0.3) is 5.91 Å². The number of carbonyl (C=O) groups is 1. The first-order chi connectivity index (χ1) is 22.6. The van der Waals surface area contributed by atoms with Crippen molar-refractivity contribution in [2.45, 2.75) is 19.6 Å². The van der Waals surface area contributed by atoms with Gasteiger partial charge in [-0.3, -0.25) is 4.79 Å². The first kappa shape index (κ1) is 33.9. The molecule has 0 radical (unpaired) electrons. The number of hydrogen-bond acceptors (Lipinski definition) is 12. The highest BCUT2D eigenvalue weighted by Gasteiger charge is 2.09. The fourth-order valence-electron chi connectivity index (χ4n) is 4.20. The number of amides is 1. The number of nitrogens with zero attached hydrogens (tertiary/aromatic N) is 3. The molecule has 4 aromatic rings. The second kappa shape index (κ2) is 18.7. The summed E-state index contributed by atoms with van der Waals surface area (Å²) in [5.74, 6) is 2.63. The summed E-state index contributed by atoms with van der Waals surface area (Å²) >= 11 is 0. The highest BCUT2D eigenvalue weighted by molar-refractivity contribution is 5.94. The van der Waals surface area contributed by atoms with Gasteiger partial charge in [-0.05, 0) is 53.1 Å². The Labute approximate surface area is 269 Å². The summed E-state index contributed by atoms with van der Waals surface area (Å²) in [6.45, 7) is 4.19. The SMILES string of the molecule is COc1ccc(CNc2nc(NCc3ccc(C(=O)NCCOCCOCCN)cc3)nc(NCc3cccc(OC)c3)n2)cc1. The Morgan fingerprint density at radius 2 is 1.20 bits per heavy atom. The van der Waals surface area contributed by atoms with Crippen LogP contribution in [-0.4, -0.2) is 74.6 Å². The summed E-state index contributed by atoms with van der Waals surface area (Å²) in [5, 5.41) is 12.7. The molecular weight excluding hydrogens is 588 g/mol. The zero-order valence-corrected chi connectivity index (χ0v) is 26.3. The van der Waals surface area contributed by atoms with E-state index in [4.69, 9.17) is 24.7 Å². The summed E-state index contributed by atoms with van der Waals surface area (Å²) in [6, 6.07) is 22.9. The van der Waals surface area contributed by atoms with Crippen LogP contribution in [-0.2, 0) is 29.1 Å². The minimum Gasteiger partial charge on any atom is -0.497 e. The first-order valence-electron chi connectivity index (χ1n) is 15.0. The topological polar surface area (TPSA) is 167 Å². The van der Waals surface area contributed by atoms with E-state index in [9.17, 15) is 4.79 Å². The van der Waals surface area contributed by atoms with E-state index in [-0.39, 0.29) is 5.91 Å². The number of rotatable bonds is 20. The minimum atomic E-state index is -0.167. The molecule has 0 unspecified atom stereocenters. The van der Waals surface area contributed by atoms with Gasteiger partial charge in [0.15, 0.2) is 0 Å². The molecule has 1 heterocycles. The summed E-state index contributed by atoms with van der Waals surface area (Å²) in [7, 11) is 3.28. The van der Waals surface area contributed by atoms with Crippen LogP contribution in [0.1, 0.15) is 27.0 Å². The molecule has 0 aliphatic carbocycles. The minimum absolute atomic E-state index is 0.167. The molecule has 0 saturated heterocycles. The normalized spacial score (nSPS) is 10.7. The molecule has 0 spiro atoms. The van der Waals surface area contributed by atoms with Gasteiger partial charge in [0, 0.05) is 38.3 Å². The van der Waals surface area contributed by atoms with Crippen LogP contribution < -0.4 is 36.5 Å². The van der Waals surface area contributed by atoms with E-state index in [2.05, 4.69) is 36.2 Å². The van der Waals surface area contributed by atoms with E-state index in [0.717, 1.165) is 28.2 Å². The lowest BCUT2D eigenvalue weighted by Crippen LogP contribution is -2.27. The number of nitrogens with two attached hydrogens (primary N) is 1. The van der Waals surface area contributed by atoms with Crippen LogP contribution >= 0.6 is 0 Å². The average molecular weight is 631 g/mol. The summed E-state index contributed by atoms with van der Waals surface area (Å²) in [6.07, 6.45) is 0. The third-order valence-corrected chi connectivity index (χ3v) is 6.66. The Morgan fingerprint density at radius 1 is 0.652 bits per heavy atom. The third-order valence-electron chi connectivity index (χ3n) is 6.66. The molecule has 1 amide bonds. The molecule has 0 aliphatic rings. The van der Waals surface area contributed by atoms with Crippen molar-refractivity contribution in [1.29, 1.82) is 0 Å². The number of hydrogen-bond donors (Lipinski definition) is 5. The van der Waals surface area contributed by atoms with Gasteiger partial charge in [0.2, 0.25) is 17.8 Å². The van der Waals surface area contributed by atoms with E-state index < -0.39 is 0 Å². The van der Waals surface area contributed by atoms with Crippen LogP contribution in [0.5, 0.6) is 11.5 Å². The van der Waals surface area contributed by atoms with Gasteiger partial charge < -0.3 is 45.9 Å². The lowest BCUT2D eigenvalue weighted by Gasteiger charge is -2.12. The maximum Gasteiger partial charge on any atom is 0.251 e. The zero-order chi connectivity index (χ0) is 32.4. The van der Waals surface area contributed by atoms with Crippen LogP contribution in [0.3, 0.4) is 0 Å². The van der Waals surface area contributed by atoms with Crippen molar-refractivity contribution >= 4 is 23.8 Å². The molecule has 0 aliphatic heterocycles. The van der Waals surface area contributed by atoms with Gasteiger partial charge in [-0.1, -0.05) is 36.4 Å². The number of methoxy groups -OCH3 is 2. The van der Waals surface area contributed by atoms with Crippen molar-refractivity contribution in [1.82, 2.24) is 20.3 Å². The van der Waals surface area contributed by atoms with Crippen LogP contribution in [0.4, 0.5) is 17.8 Å². The molecule has 46 heavy (non-hydrogen) atoms. The molecule has 4 rings (SSSR count). The molecular formula is C33H42N8O5. The van der Waals surface area contributed by atoms with Gasteiger partial charge in [0.1, 0.15) is 11.5 Å². The van der Waals surface area contributed by atoms with E-state index in [1.807, 2.05) is 60.7 Å². The molecule has 0 bridgehead atoms. The zero-order valence-electron chi connectivity index (χ0n) is 26.3. The highest BCUT2D eigenvalue weighted by Crippen LogP contribution is 2.17. The van der Waals surface area contributed by atoms with Crippen LogP contribution in [0.25, 0.3) is 0 Å². The summed E-state index contributed by atoms with van der Waals surface area (Å²) in [5.41, 5.74) is 8.96. The van der Waals surface area contributed by atoms with E-state index >= 15 is 0 Å². The van der Waals surface area contributed by atoms with Crippen molar-refractivity contribution in [2.75, 3.05) is 69.7 Å². The van der Waals surface area contributed by atoms with Crippen LogP contribution in [0.2, 0.25) is 0 Å². The smallest absolute Gasteiger partial charge is 0.251 e. The molecule has 0 atom stereocenters. The summed E-state index contributed by atoms with van der Waals surface area (Å²) in [4.78, 5) is 26.2. The van der Waals surface area contributed by atoms with Crippen LogP contribution in [0, 0.1) is 0 Å². The van der Waals surface area contributed by atoms with Gasteiger partial charge in [-0.2, -0.15) is 15.0 Å². The molecule has 3 aromatic carbocycles. The number of nitrogens with one attached hydrogen (secondary N) is 4. The molecule has 13 nitrogen and oxygen atoms in total. The van der Waals surface area contributed by atoms with E-state index in [0.29, 0.717) is 82.6 Å². The third kappa shape index (κ3) is 11.5. The highest BCUT2D eigenvalue weighted by atomic mass is 16.5. The predicted molar refractivity (Wildman–Crippen MR) is 177 cm³/mol. The Balaban J connectivity index is 1.33. The number of anilines is 3. The van der Waals surface area contributed by atoms with Gasteiger partial charge in [-0.15, -0.1) is 0 Å². The lowest BCUT2D eigenvalue weighted by molar-refractivity contribution is 0.0511. The number of benzene rings is 3. The molecule has 6 N–H and O–H groups in total. The second-order valence-corrected chi connectivity index (χ2v) is 10.0. The quantitative estimate of drug-likeness (QED) is 0.0904. The molecule has 1 aromatic heterocycles. The Hall–Kier alpha value is -4.98. The molecule has 0 fully saturated rings. The second-order valence-electron chi connectivity index (χ2n) is 10.0. The van der Waals surface area contributed by atoms with Gasteiger partial charge in [0.05, 0.1) is 40.6 Å². The number of aromatic nitrogens is 3. The number of carbonyl (C=O) groups excluding carboxylic acids is 1. The van der Waals surface area contributed by atoms with Crippen LogP contribution in [0.15, 0.2) is 72.8 Å². The van der Waals surface area contributed by atoms with Crippen molar-refractivity contribution in [2.24, 2.45) is 5.73 Å². The number of ether oxygens (including phenoxy) is 4. The fourth-order valence-corrected chi connectivity index (χ4v) is 4.20. The maximum atomic E-state index is 12.5. The fraction of sp³-hybridized carbons (Fsp3) is 0.333. The molecule has 0 saturated carbocycles. The standard InChI is InChI=1S/C33H42N8O5/c1-43-28-12-8-25(9-13-28)22-37-32-39-31(40-33(41-32)38-23-26-4-3-5-29(20-26)44-2)36-21-24-6-10-27(11-7-24)30(42)35-15-17-46-19-18-45-16-14-34/h3-13,20H,14-19,21-23,34H2,1-2H3,(H,35,42)(H3,36,37,38,39,40,41). The molecule has 244 valence electrons. The van der Waals surface area contributed by atoms with Gasteiger partial charge in [-0.25, -0.2) is 0 Å². The monoisotopic (exact) mass is 630 g/mol. The maximum absolute atomic E-state index is 12.5. The first-order valence-corrected chi connectivity index (χ1v) is 15.0. The largest absolute Gasteiger partial charge is 0.497 e. The van der Waals surface area contributed by atoms with E-state index in [1.165, 1.54) is 0 Å².